The first-order valence-electron chi connectivity index (χ1n) is 2.27. The Balaban J connectivity index is 3.06. The summed E-state index contributed by atoms with van der Waals surface area (Å²) in [6.07, 6.45) is 1.87. The lowest BCUT2D eigenvalue weighted by Crippen LogP contribution is -2.30. The molecule has 0 spiro atoms. The Labute approximate surface area is 53.0 Å². The zero-order valence-electron chi connectivity index (χ0n) is 4.81. The Morgan fingerprint density at radius 3 is 2.88 bits per heavy atom. The van der Waals surface area contributed by atoms with Crippen molar-refractivity contribution in [3.05, 3.63) is 0 Å². The molecule has 0 heterocycles. The predicted molar refractivity (Wildman–Crippen MR) is 35.6 cm³/mol. The number of hydrogen-bond acceptors (Lipinski definition) is 3. The summed E-state index contributed by atoms with van der Waals surface area (Å²) in [6, 6.07) is 0. The van der Waals surface area contributed by atoms with Crippen LogP contribution in [0.25, 0.3) is 0 Å². The summed E-state index contributed by atoms with van der Waals surface area (Å²) in [6.45, 7) is 0.236. The third-order valence-corrected chi connectivity index (χ3v) is 1.13. The van der Waals surface area contributed by atoms with E-state index in [0.29, 0.717) is 5.75 Å². The monoisotopic (exact) mass is 134 g/mol. The molecule has 3 nitrogen and oxygen atoms in total. The van der Waals surface area contributed by atoms with Crippen LogP contribution in [-0.4, -0.2) is 24.6 Å². The molecule has 0 aromatic carbocycles. The highest BCUT2D eigenvalue weighted by molar-refractivity contribution is 7.99. The van der Waals surface area contributed by atoms with Gasteiger partial charge in [-0.2, -0.15) is 11.8 Å². The van der Waals surface area contributed by atoms with Crippen molar-refractivity contribution in [2.45, 2.75) is 0 Å². The van der Waals surface area contributed by atoms with Crippen molar-refractivity contribution in [2.75, 3.05) is 18.7 Å². The van der Waals surface area contributed by atoms with Crippen molar-refractivity contribution in [3.63, 3.8) is 0 Å². The van der Waals surface area contributed by atoms with Gasteiger partial charge in [-0.25, -0.2) is 0 Å². The van der Waals surface area contributed by atoms with Crippen LogP contribution < -0.4 is 11.1 Å². The quantitative estimate of drug-likeness (QED) is 0.506. The van der Waals surface area contributed by atoms with Crippen LogP contribution in [0.5, 0.6) is 0 Å². The molecule has 4 heteroatoms. The Bertz CT molecular complexity index is 68.4. The lowest BCUT2D eigenvalue weighted by molar-refractivity contribution is -0.118. The van der Waals surface area contributed by atoms with Gasteiger partial charge >= 0.3 is 0 Å². The van der Waals surface area contributed by atoms with Crippen LogP contribution in [0.4, 0.5) is 0 Å². The van der Waals surface area contributed by atoms with Gasteiger partial charge in [0.25, 0.3) is 0 Å². The fraction of sp³-hybridized carbons (Fsp3) is 0.750. The fourth-order valence-corrected chi connectivity index (χ4v) is 0.660. The Hall–Kier alpha value is -0.220. The second kappa shape index (κ2) is 4.93. The van der Waals surface area contributed by atoms with Crippen LogP contribution in [0.1, 0.15) is 0 Å². The van der Waals surface area contributed by atoms with Crippen LogP contribution in [0.2, 0.25) is 0 Å². The van der Waals surface area contributed by atoms with Crippen molar-refractivity contribution in [1.82, 2.24) is 5.32 Å². The van der Waals surface area contributed by atoms with E-state index < -0.39 is 0 Å². The van der Waals surface area contributed by atoms with Crippen LogP contribution in [0.15, 0.2) is 0 Å². The SMILES string of the molecule is CSCC(=O)NCN. The second-order valence-corrected chi connectivity index (χ2v) is 2.10. The molecule has 0 saturated heterocycles. The highest BCUT2D eigenvalue weighted by Gasteiger charge is 1.93. The number of hydrogen-bond donors (Lipinski definition) is 2. The van der Waals surface area contributed by atoms with Crippen molar-refractivity contribution in [1.29, 1.82) is 0 Å². The third-order valence-electron chi connectivity index (χ3n) is 0.575. The van der Waals surface area contributed by atoms with E-state index in [0.717, 1.165) is 0 Å². The molecule has 0 saturated carbocycles. The molecular weight excluding hydrogens is 124 g/mol. The van der Waals surface area contributed by atoms with E-state index >= 15 is 0 Å². The molecule has 0 aromatic rings. The predicted octanol–water partition coefficient (Wildman–Crippen LogP) is -0.618. The summed E-state index contributed by atoms with van der Waals surface area (Å²) in [5.41, 5.74) is 5.02. The second-order valence-electron chi connectivity index (χ2n) is 1.24. The Morgan fingerprint density at radius 2 is 2.50 bits per heavy atom. The van der Waals surface area contributed by atoms with Crippen molar-refractivity contribution >= 4 is 17.7 Å². The van der Waals surface area contributed by atoms with Gasteiger partial charge in [-0.15, -0.1) is 0 Å². The van der Waals surface area contributed by atoms with Gasteiger partial charge in [-0.1, -0.05) is 0 Å². The smallest absolute Gasteiger partial charge is 0.230 e. The summed E-state index contributed by atoms with van der Waals surface area (Å²) in [5, 5.41) is 2.46. The molecule has 0 aromatic heterocycles. The maximum absolute atomic E-state index is 10.4. The minimum absolute atomic E-state index is 0.000000000000000444. The fourth-order valence-electron chi connectivity index (χ4n) is 0.296. The number of nitrogens with two attached hydrogens (primary N) is 1. The molecule has 0 aliphatic rings. The maximum Gasteiger partial charge on any atom is 0.230 e. The molecule has 0 rings (SSSR count). The average molecular weight is 134 g/mol. The zero-order valence-corrected chi connectivity index (χ0v) is 5.62. The van der Waals surface area contributed by atoms with Gasteiger partial charge in [0.1, 0.15) is 0 Å². The minimum Gasteiger partial charge on any atom is -0.343 e. The van der Waals surface area contributed by atoms with Crippen LogP contribution in [-0.2, 0) is 4.79 Å². The van der Waals surface area contributed by atoms with Crippen molar-refractivity contribution < 1.29 is 4.79 Å². The van der Waals surface area contributed by atoms with Gasteiger partial charge in [0, 0.05) is 0 Å². The number of amides is 1. The highest BCUT2D eigenvalue weighted by Crippen LogP contribution is 1.87. The number of nitrogens with one attached hydrogen (secondary N) is 1. The molecule has 48 valence electrons. The topological polar surface area (TPSA) is 55.1 Å². The van der Waals surface area contributed by atoms with E-state index in [4.69, 9.17) is 5.73 Å². The highest BCUT2D eigenvalue weighted by atomic mass is 32.2. The van der Waals surface area contributed by atoms with Gasteiger partial charge in [0.05, 0.1) is 12.4 Å². The van der Waals surface area contributed by atoms with E-state index in [2.05, 4.69) is 5.32 Å². The van der Waals surface area contributed by atoms with E-state index in [1.807, 2.05) is 6.26 Å². The summed E-state index contributed by atoms with van der Waals surface area (Å²) >= 11 is 1.48. The number of rotatable bonds is 3. The van der Waals surface area contributed by atoms with E-state index in [1.54, 1.807) is 0 Å². The summed E-state index contributed by atoms with van der Waals surface area (Å²) < 4.78 is 0. The molecule has 0 aliphatic carbocycles. The molecule has 0 radical (unpaired) electrons. The molecule has 3 N–H and O–H groups in total. The van der Waals surface area contributed by atoms with Gasteiger partial charge < -0.3 is 11.1 Å². The van der Waals surface area contributed by atoms with Crippen LogP contribution in [0, 0.1) is 0 Å². The summed E-state index contributed by atoms with van der Waals surface area (Å²) in [4.78, 5) is 10.4. The lowest BCUT2D eigenvalue weighted by Gasteiger charge is -1.96. The first-order chi connectivity index (χ1) is 3.81. The van der Waals surface area contributed by atoms with Crippen molar-refractivity contribution in [3.8, 4) is 0 Å². The number of carbonyl (C=O) groups is 1. The van der Waals surface area contributed by atoms with E-state index in [9.17, 15) is 4.79 Å². The van der Waals surface area contributed by atoms with Gasteiger partial charge in [0.15, 0.2) is 0 Å². The van der Waals surface area contributed by atoms with Crippen LogP contribution in [0.3, 0.4) is 0 Å². The van der Waals surface area contributed by atoms with Gasteiger partial charge in [0.2, 0.25) is 5.91 Å². The molecular formula is C4H10N2OS. The Kier molecular flexibility index (Phi) is 4.79. The number of carbonyl (C=O) groups excluding carboxylic acids is 1. The molecule has 1 amide bonds. The molecule has 0 aliphatic heterocycles. The Morgan fingerprint density at radius 1 is 1.88 bits per heavy atom. The standard InChI is InChI=1S/C4H10N2OS/c1-8-2-4(7)6-3-5/h2-3,5H2,1H3,(H,6,7). The lowest BCUT2D eigenvalue weighted by atomic mass is 10.7. The summed E-state index contributed by atoms with van der Waals surface area (Å²) in [5.74, 6) is 0.497. The zero-order chi connectivity index (χ0) is 6.41. The molecule has 8 heavy (non-hydrogen) atoms. The maximum atomic E-state index is 10.4. The largest absolute Gasteiger partial charge is 0.343 e. The van der Waals surface area contributed by atoms with Gasteiger partial charge in [-0.05, 0) is 6.26 Å². The number of thioether (sulfide) groups is 1. The van der Waals surface area contributed by atoms with Crippen LogP contribution >= 0.6 is 11.8 Å². The van der Waals surface area contributed by atoms with Gasteiger partial charge in [-0.3, -0.25) is 4.79 Å². The molecule has 0 atom stereocenters. The summed E-state index contributed by atoms with van der Waals surface area (Å²) in [7, 11) is 0. The van der Waals surface area contributed by atoms with Crippen molar-refractivity contribution in [2.24, 2.45) is 5.73 Å². The molecule has 0 fully saturated rings. The average Bonchev–Trinajstić information content (AvgIpc) is 1.68. The third kappa shape index (κ3) is 3.95. The first kappa shape index (κ1) is 7.78. The molecule has 0 bridgehead atoms. The van der Waals surface area contributed by atoms with E-state index in [-0.39, 0.29) is 12.6 Å². The first-order valence-corrected chi connectivity index (χ1v) is 3.66. The van der Waals surface area contributed by atoms with E-state index in [1.165, 1.54) is 11.8 Å². The minimum atomic E-state index is 0.000000000000000444. The normalized spacial score (nSPS) is 8.75. The molecule has 0 unspecified atom stereocenters.